The summed E-state index contributed by atoms with van der Waals surface area (Å²) in [5.74, 6) is 0.889. The highest BCUT2D eigenvalue weighted by Crippen LogP contribution is 2.53. The van der Waals surface area contributed by atoms with Crippen molar-refractivity contribution >= 4 is 11.4 Å². The Morgan fingerprint density at radius 1 is 0.743 bits per heavy atom. The molecule has 5 nitrogen and oxygen atoms in total. The lowest BCUT2D eigenvalue weighted by Gasteiger charge is -2.42. The van der Waals surface area contributed by atoms with Crippen molar-refractivity contribution in [1.82, 2.24) is 0 Å². The second-order valence-electron chi connectivity index (χ2n) is 10.4. The van der Waals surface area contributed by atoms with Gasteiger partial charge in [-0.1, -0.05) is 61.7 Å². The van der Waals surface area contributed by atoms with E-state index in [0.717, 1.165) is 58.7 Å². The summed E-state index contributed by atoms with van der Waals surface area (Å²) in [5, 5.41) is 0. The van der Waals surface area contributed by atoms with Gasteiger partial charge in [0.25, 0.3) is 6.04 Å². The predicted molar refractivity (Wildman–Crippen MR) is 142 cm³/mol. The zero-order chi connectivity index (χ0) is 24.6. The lowest BCUT2D eigenvalue weighted by molar-refractivity contribution is -0.800. The Morgan fingerprint density at radius 2 is 1.26 bits per heavy atom. The maximum atomic E-state index is 13.8. The normalized spacial score (nSPS) is 19.5. The van der Waals surface area contributed by atoms with E-state index in [1.165, 1.54) is 6.42 Å². The molecule has 3 aromatic carbocycles. The van der Waals surface area contributed by atoms with Crippen LogP contribution in [0.5, 0.6) is 5.75 Å². The highest BCUT2D eigenvalue weighted by molar-refractivity contribution is 5.61. The Hall–Kier alpha value is -3.34. The molecule has 1 saturated carbocycles. The van der Waals surface area contributed by atoms with Crippen LogP contribution in [0.4, 0.5) is 11.4 Å². The van der Waals surface area contributed by atoms with Gasteiger partial charge in [-0.15, -0.1) is 0 Å². The Morgan fingerprint density at radius 3 is 1.77 bits per heavy atom. The lowest BCUT2D eigenvalue weighted by atomic mass is 9.59. The summed E-state index contributed by atoms with van der Waals surface area (Å²) in [6.07, 6.45) is 5.64. The second-order valence-corrected chi connectivity index (χ2v) is 10.4. The van der Waals surface area contributed by atoms with Crippen LogP contribution in [-0.2, 0) is 5.41 Å². The molecule has 2 aliphatic rings. The highest BCUT2D eigenvalue weighted by Gasteiger charge is 2.61. The van der Waals surface area contributed by atoms with E-state index in [2.05, 4.69) is 98.7 Å². The van der Waals surface area contributed by atoms with Gasteiger partial charge in [-0.25, -0.2) is 0 Å². The topological polar surface area (TPSA) is 35.8 Å². The first-order chi connectivity index (χ1) is 16.9. The van der Waals surface area contributed by atoms with Gasteiger partial charge in [-0.3, -0.25) is 0 Å². The first-order valence-electron chi connectivity index (χ1n) is 12.7. The number of benzene rings is 3. The molecule has 3 aromatic rings. The predicted octanol–water partition coefficient (Wildman–Crippen LogP) is 6.19. The SMILES string of the molecule is CN(C)c1ccc(C2(c3ccc(N(C)C)cc3)c3ccccc3O[N+](=O)C2C2CCCCC2)cc1. The quantitative estimate of drug-likeness (QED) is 0.446. The molecule has 1 fully saturated rings. The number of rotatable bonds is 5. The van der Waals surface area contributed by atoms with Crippen molar-refractivity contribution in [1.29, 1.82) is 0 Å². The summed E-state index contributed by atoms with van der Waals surface area (Å²) in [6.45, 7) is 0. The fourth-order valence-electron chi connectivity index (χ4n) is 6.18. The van der Waals surface area contributed by atoms with Crippen LogP contribution in [0, 0.1) is 10.8 Å². The molecule has 0 spiro atoms. The number of hydrogen-bond donors (Lipinski definition) is 0. The maximum Gasteiger partial charge on any atom is 0.278 e. The Bertz CT molecular complexity index is 1130. The Labute approximate surface area is 208 Å². The summed E-state index contributed by atoms with van der Waals surface area (Å²) >= 11 is 0. The maximum absolute atomic E-state index is 13.8. The van der Waals surface area contributed by atoms with E-state index >= 15 is 0 Å². The fraction of sp³-hybridized carbons (Fsp3) is 0.400. The number of nitrogens with zero attached hydrogens (tertiary/aromatic N) is 3. The average Bonchev–Trinajstić information content (AvgIpc) is 2.88. The molecule has 1 aliphatic carbocycles. The average molecular weight is 471 g/mol. The summed E-state index contributed by atoms with van der Waals surface area (Å²) in [7, 11) is 8.22. The second kappa shape index (κ2) is 9.37. The van der Waals surface area contributed by atoms with E-state index in [-0.39, 0.29) is 12.0 Å². The minimum absolute atomic E-state index is 0.247. The first-order valence-corrected chi connectivity index (χ1v) is 12.7. The third kappa shape index (κ3) is 3.97. The van der Waals surface area contributed by atoms with E-state index < -0.39 is 5.41 Å². The minimum Gasteiger partial charge on any atom is -0.378 e. The van der Waals surface area contributed by atoms with E-state index in [4.69, 9.17) is 4.84 Å². The van der Waals surface area contributed by atoms with Gasteiger partial charge in [0.1, 0.15) is 5.41 Å². The smallest absolute Gasteiger partial charge is 0.278 e. The van der Waals surface area contributed by atoms with Gasteiger partial charge in [-0.2, -0.15) is 4.84 Å². The number of fused-ring (bicyclic) bond motifs is 1. The van der Waals surface area contributed by atoms with Crippen LogP contribution in [0.25, 0.3) is 0 Å². The summed E-state index contributed by atoms with van der Waals surface area (Å²) < 4.78 is 0. The standard InChI is InChI=1S/C30H36N3O2/c1-31(2)25-18-14-23(15-19-25)30(24-16-20-26(21-17-24)32(3)4)27-12-8-9-13-28(27)35-33(34)29(30)22-10-6-5-7-11-22/h8-9,12-22,29H,5-7,10-11H2,1-4H3/q+1. The van der Waals surface area contributed by atoms with E-state index in [1.54, 1.807) is 0 Å². The van der Waals surface area contributed by atoms with Crippen molar-refractivity contribution in [2.45, 2.75) is 43.6 Å². The van der Waals surface area contributed by atoms with Gasteiger partial charge < -0.3 is 9.80 Å². The molecule has 0 bridgehead atoms. The fourth-order valence-corrected chi connectivity index (χ4v) is 6.18. The van der Waals surface area contributed by atoms with Crippen molar-refractivity contribution in [3.63, 3.8) is 0 Å². The molecule has 1 unspecified atom stereocenters. The summed E-state index contributed by atoms with van der Waals surface area (Å²) in [5.41, 5.74) is 4.97. The van der Waals surface area contributed by atoms with Gasteiger partial charge in [0.2, 0.25) is 10.7 Å². The van der Waals surface area contributed by atoms with Crippen LogP contribution in [0.3, 0.4) is 0 Å². The van der Waals surface area contributed by atoms with Crippen molar-refractivity contribution in [2.24, 2.45) is 5.92 Å². The molecule has 1 atom stereocenters. The van der Waals surface area contributed by atoms with Crippen molar-refractivity contribution in [3.8, 4) is 5.75 Å². The zero-order valence-corrected chi connectivity index (χ0v) is 21.3. The third-order valence-corrected chi connectivity index (χ3v) is 7.95. The molecule has 5 heteroatoms. The Balaban J connectivity index is 1.81. The van der Waals surface area contributed by atoms with Gasteiger partial charge in [0.05, 0.1) is 4.91 Å². The van der Waals surface area contributed by atoms with Crippen molar-refractivity contribution in [3.05, 3.63) is 94.4 Å². The molecule has 0 amide bonds. The van der Waals surface area contributed by atoms with Gasteiger partial charge >= 0.3 is 0 Å². The zero-order valence-electron chi connectivity index (χ0n) is 21.3. The molecule has 0 N–H and O–H groups in total. The van der Waals surface area contributed by atoms with Crippen LogP contribution in [0.15, 0.2) is 72.8 Å². The highest BCUT2D eigenvalue weighted by atomic mass is 16.8. The largest absolute Gasteiger partial charge is 0.378 e. The van der Waals surface area contributed by atoms with E-state index in [1.807, 2.05) is 12.1 Å². The Kier molecular flexibility index (Phi) is 6.26. The molecule has 1 heterocycles. The minimum atomic E-state index is -0.645. The number of hydrogen-bond acceptors (Lipinski definition) is 4. The van der Waals surface area contributed by atoms with Gasteiger partial charge in [0.15, 0.2) is 0 Å². The van der Waals surface area contributed by atoms with Gasteiger partial charge in [0, 0.05) is 51.0 Å². The van der Waals surface area contributed by atoms with Crippen LogP contribution in [0.2, 0.25) is 0 Å². The van der Waals surface area contributed by atoms with Crippen molar-refractivity contribution < 1.29 is 9.76 Å². The monoisotopic (exact) mass is 470 g/mol. The summed E-state index contributed by atoms with van der Waals surface area (Å²) in [6, 6.07) is 25.2. The van der Waals surface area contributed by atoms with E-state index in [9.17, 15) is 4.91 Å². The molecule has 5 rings (SSSR count). The number of anilines is 2. The van der Waals surface area contributed by atoms with Crippen LogP contribution >= 0.6 is 0 Å². The third-order valence-electron chi connectivity index (χ3n) is 7.95. The van der Waals surface area contributed by atoms with Gasteiger partial charge in [-0.05, 0) is 54.3 Å². The molecule has 0 aromatic heterocycles. The molecule has 1 aliphatic heterocycles. The molecular formula is C30H36N3O2+. The molecule has 182 valence electrons. The van der Waals surface area contributed by atoms with Crippen LogP contribution < -0.4 is 14.6 Å². The molecule has 0 saturated heterocycles. The first kappa shape index (κ1) is 23.4. The van der Waals surface area contributed by atoms with Crippen LogP contribution in [0.1, 0.15) is 48.8 Å². The van der Waals surface area contributed by atoms with E-state index in [0.29, 0.717) is 5.75 Å². The summed E-state index contributed by atoms with van der Waals surface area (Å²) in [4.78, 5) is 25.0. The molecule has 35 heavy (non-hydrogen) atoms. The lowest BCUT2D eigenvalue weighted by Crippen LogP contribution is -2.56. The van der Waals surface area contributed by atoms with Crippen LogP contribution in [-0.4, -0.2) is 39.2 Å². The number of para-hydroxylation sites is 1. The molecular weight excluding hydrogens is 434 g/mol. The molecule has 0 radical (unpaired) electrons. The van der Waals surface area contributed by atoms with Crippen molar-refractivity contribution in [2.75, 3.05) is 38.0 Å².